The van der Waals surface area contributed by atoms with E-state index in [1.807, 2.05) is 13.0 Å². The first kappa shape index (κ1) is 15.3. The molecule has 2 aromatic rings. The minimum atomic E-state index is -0.386. The van der Waals surface area contributed by atoms with Gasteiger partial charge in [0.1, 0.15) is 5.82 Å². The van der Waals surface area contributed by atoms with Crippen molar-refractivity contribution in [1.29, 1.82) is 0 Å². The highest BCUT2D eigenvalue weighted by Crippen LogP contribution is 2.40. The lowest BCUT2D eigenvalue weighted by Gasteiger charge is -2.40. The molecule has 0 radical (unpaired) electrons. The van der Waals surface area contributed by atoms with Crippen molar-refractivity contribution in [3.05, 3.63) is 42.1 Å². The molecule has 0 N–H and O–H groups in total. The van der Waals surface area contributed by atoms with E-state index in [9.17, 15) is 4.39 Å². The summed E-state index contributed by atoms with van der Waals surface area (Å²) in [4.78, 5) is 17.6. The van der Waals surface area contributed by atoms with Gasteiger partial charge in [0, 0.05) is 37.3 Å². The highest BCUT2D eigenvalue weighted by molar-refractivity contribution is 5.42. The van der Waals surface area contributed by atoms with Crippen molar-refractivity contribution in [2.24, 2.45) is 5.41 Å². The van der Waals surface area contributed by atoms with Gasteiger partial charge in [-0.05, 0) is 38.3 Å². The molecule has 2 saturated heterocycles. The number of piperidine rings is 1. The fourth-order valence-electron chi connectivity index (χ4n) is 4.02. The van der Waals surface area contributed by atoms with Crippen LogP contribution >= 0.6 is 0 Å². The summed E-state index contributed by atoms with van der Waals surface area (Å²) in [6.07, 6.45) is 5.99. The molecule has 6 heteroatoms. The van der Waals surface area contributed by atoms with Crippen LogP contribution in [0.15, 0.2) is 30.6 Å². The number of pyridine rings is 1. The third-order valence-corrected chi connectivity index (χ3v) is 5.19. The van der Waals surface area contributed by atoms with Crippen molar-refractivity contribution in [2.75, 3.05) is 36.0 Å². The van der Waals surface area contributed by atoms with Crippen LogP contribution in [-0.2, 0) is 0 Å². The summed E-state index contributed by atoms with van der Waals surface area (Å²) >= 11 is 0. The van der Waals surface area contributed by atoms with E-state index in [0.29, 0.717) is 5.95 Å². The van der Waals surface area contributed by atoms with Crippen LogP contribution in [-0.4, -0.2) is 41.1 Å². The lowest BCUT2D eigenvalue weighted by molar-refractivity contribution is 0.262. The van der Waals surface area contributed by atoms with Gasteiger partial charge in [0.05, 0.1) is 12.4 Å². The fourth-order valence-corrected chi connectivity index (χ4v) is 4.02. The van der Waals surface area contributed by atoms with Crippen LogP contribution in [0.2, 0.25) is 0 Å². The average Bonchev–Trinajstić information content (AvgIpc) is 2.99. The average molecular weight is 327 g/mol. The van der Waals surface area contributed by atoms with E-state index >= 15 is 0 Å². The molecular formula is C18H22FN5. The van der Waals surface area contributed by atoms with Gasteiger partial charge in [0.25, 0.3) is 0 Å². The molecule has 2 aliphatic heterocycles. The number of halogens is 1. The molecule has 2 fully saturated rings. The van der Waals surface area contributed by atoms with Crippen molar-refractivity contribution >= 4 is 11.8 Å². The Bertz CT molecular complexity index is 720. The van der Waals surface area contributed by atoms with Crippen LogP contribution in [0.25, 0.3) is 0 Å². The SMILES string of the molecule is Cc1cccc(N2CC[C@]3(CCCN(c4ncc(F)cn4)C3)C2)n1. The molecule has 2 aromatic heterocycles. The monoisotopic (exact) mass is 327 g/mol. The topological polar surface area (TPSA) is 45.2 Å². The number of hydrogen-bond donors (Lipinski definition) is 0. The maximum Gasteiger partial charge on any atom is 0.225 e. The smallest absolute Gasteiger partial charge is 0.225 e. The Kier molecular flexibility index (Phi) is 3.82. The highest BCUT2D eigenvalue weighted by Gasteiger charge is 2.42. The van der Waals surface area contributed by atoms with E-state index in [2.05, 4.69) is 36.9 Å². The second kappa shape index (κ2) is 6.00. The first-order valence-electron chi connectivity index (χ1n) is 8.55. The Morgan fingerprint density at radius 2 is 1.83 bits per heavy atom. The minimum absolute atomic E-state index is 0.251. The summed E-state index contributed by atoms with van der Waals surface area (Å²) in [5.41, 5.74) is 1.31. The Morgan fingerprint density at radius 1 is 1.04 bits per heavy atom. The zero-order valence-corrected chi connectivity index (χ0v) is 14.0. The Hall–Kier alpha value is -2.24. The molecule has 2 aliphatic rings. The lowest BCUT2D eigenvalue weighted by Crippen LogP contribution is -2.45. The van der Waals surface area contributed by atoms with Crippen molar-refractivity contribution in [2.45, 2.75) is 26.2 Å². The first-order chi connectivity index (χ1) is 11.6. The van der Waals surface area contributed by atoms with Crippen LogP contribution in [0.5, 0.6) is 0 Å². The normalized spacial score (nSPS) is 23.9. The van der Waals surface area contributed by atoms with E-state index in [1.165, 1.54) is 18.8 Å². The largest absolute Gasteiger partial charge is 0.356 e. The van der Waals surface area contributed by atoms with Crippen LogP contribution in [0, 0.1) is 18.2 Å². The zero-order valence-electron chi connectivity index (χ0n) is 14.0. The zero-order chi connectivity index (χ0) is 16.6. The van der Waals surface area contributed by atoms with Gasteiger partial charge in [-0.2, -0.15) is 0 Å². The number of anilines is 2. The molecule has 4 heterocycles. The molecule has 5 nitrogen and oxygen atoms in total. The number of aryl methyl sites for hydroxylation is 1. The third kappa shape index (κ3) is 2.92. The van der Waals surface area contributed by atoms with Gasteiger partial charge in [-0.15, -0.1) is 0 Å². The molecule has 0 unspecified atom stereocenters. The molecule has 0 amide bonds. The Balaban J connectivity index is 1.50. The van der Waals surface area contributed by atoms with E-state index < -0.39 is 0 Å². The molecule has 126 valence electrons. The van der Waals surface area contributed by atoms with Crippen LogP contribution in [0.3, 0.4) is 0 Å². The highest BCUT2D eigenvalue weighted by atomic mass is 19.1. The number of hydrogen-bond acceptors (Lipinski definition) is 5. The van der Waals surface area contributed by atoms with Crippen molar-refractivity contribution in [1.82, 2.24) is 15.0 Å². The molecule has 0 aliphatic carbocycles. The van der Waals surface area contributed by atoms with Gasteiger partial charge in [0.2, 0.25) is 5.95 Å². The number of rotatable bonds is 2. The lowest BCUT2D eigenvalue weighted by atomic mass is 9.79. The van der Waals surface area contributed by atoms with Crippen molar-refractivity contribution < 1.29 is 4.39 Å². The minimum Gasteiger partial charge on any atom is -0.356 e. The Labute approximate surface area is 141 Å². The summed E-state index contributed by atoms with van der Waals surface area (Å²) in [6.45, 7) is 5.95. The van der Waals surface area contributed by atoms with Gasteiger partial charge in [0.15, 0.2) is 5.82 Å². The van der Waals surface area contributed by atoms with Crippen molar-refractivity contribution in [3.63, 3.8) is 0 Å². The van der Waals surface area contributed by atoms with E-state index in [4.69, 9.17) is 0 Å². The van der Waals surface area contributed by atoms with E-state index in [0.717, 1.165) is 50.5 Å². The van der Waals surface area contributed by atoms with E-state index in [1.54, 1.807) is 0 Å². The van der Waals surface area contributed by atoms with Crippen LogP contribution in [0.4, 0.5) is 16.2 Å². The quantitative estimate of drug-likeness (QED) is 0.849. The molecule has 4 rings (SSSR count). The standard InChI is InChI=1S/C18H22FN5/c1-14-4-2-5-16(22-14)23-9-7-18(12-23)6-3-8-24(13-18)17-20-10-15(19)11-21-17/h2,4-5,10-11H,3,6-9,12-13H2,1H3/t18-/m1/s1. The first-order valence-corrected chi connectivity index (χ1v) is 8.55. The fraction of sp³-hybridized carbons (Fsp3) is 0.500. The van der Waals surface area contributed by atoms with Gasteiger partial charge < -0.3 is 9.80 Å². The van der Waals surface area contributed by atoms with Crippen molar-refractivity contribution in [3.8, 4) is 0 Å². The van der Waals surface area contributed by atoms with Gasteiger partial charge >= 0.3 is 0 Å². The maximum absolute atomic E-state index is 13.1. The second-order valence-electron chi connectivity index (χ2n) is 7.04. The summed E-state index contributed by atoms with van der Waals surface area (Å²) in [7, 11) is 0. The molecule has 0 aromatic carbocycles. The van der Waals surface area contributed by atoms with E-state index in [-0.39, 0.29) is 11.2 Å². The summed E-state index contributed by atoms with van der Waals surface area (Å²) in [6, 6.07) is 6.20. The molecule has 1 atom stereocenters. The molecule has 0 saturated carbocycles. The van der Waals surface area contributed by atoms with Gasteiger partial charge in [-0.1, -0.05) is 6.07 Å². The van der Waals surface area contributed by atoms with Gasteiger partial charge in [-0.25, -0.2) is 19.3 Å². The molecule has 24 heavy (non-hydrogen) atoms. The molecular weight excluding hydrogens is 305 g/mol. The number of nitrogens with zero attached hydrogens (tertiary/aromatic N) is 5. The summed E-state index contributed by atoms with van der Waals surface area (Å²) in [5, 5.41) is 0. The Morgan fingerprint density at radius 3 is 2.62 bits per heavy atom. The summed E-state index contributed by atoms with van der Waals surface area (Å²) in [5.74, 6) is 1.33. The molecule has 1 spiro atoms. The maximum atomic E-state index is 13.1. The predicted octanol–water partition coefficient (Wildman–Crippen LogP) is 2.82. The van der Waals surface area contributed by atoms with Gasteiger partial charge in [-0.3, -0.25) is 0 Å². The molecule has 0 bridgehead atoms. The third-order valence-electron chi connectivity index (χ3n) is 5.19. The second-order valence-corrected chi connectivity index (χ2v) is 7.04. The van der Waals surface area contributed by atoms with Crippen LogP contribution < -0.4 is 9.80 Å². The number of aromatic nitrogens is 3. The van der Waals surface area contributed by atoms with Crippen LogP contribution in [0.1, 0.15) is 25.0 Å². The predicted molar refractivity (Wildman–Crippen MR) is 91.7 cm³/mol. The summed E-state index contributed by atoms with van der Waals surface area (Å²) < 4.78 is 13.1.